The second-order valence-electron chi connectivity index (χ2n) is 3.86. The molecule has 0 bridgehead atoms. The number of sulfonamides is 1. The van der Waals surface area contributed by atoms with Crippen LogP contribution < -0.4 is 5.32 Å². The number of nitrogens with zero attached hydrogens (tertiary/aromatic N) is 3. The van der Waals surface area contributed by atoms with Gasteiger partial charge in [-0.1, -0.05) is 11.6 Å². The Labute approximate surface area is 122 Å². The first-order chi connectivity index (χ1) is 9.32. The molecule has 0 amide bonds. The van der Waals surface area contributed by atoms with Crippen LogP contribution in [-0.2, 0) is 10.0 Å². The molecular formula is C12H11ClN4O2S. The number of nitriles is 2. The summed E-state index contributed by atoms with van der Waals surface area (Å²) in [5, 5.41) is 20.0. The van der Waals surface area contributed by atoms with Gasteiger partial charge in [-0.05, 0) is 18.2 Å². The fourth-order valence-corrected chi connectivity index (χ4v) is 2.63. The molecule has 0 aliphatic rings. The third-order valence-electron chi connectivity index (χ3n) is 2.31. The molecule has 0 atom stereocenters. The Balaban J connectivity index is 3.22. The number of hydrogen-bond donors (Lipinski definition) is 1. The van der Waals surface area contributed by atoms with Crippen LogP contribution in [0.5, 0.6) is 0 Å². The fourth-order valence-electron chi connectivity index (χ4n) is 1.23. The second-order valence-corrected chi connectivity index (χ2v) is 6.39. The molecule has 0 aliphatic heterocycles. The van der Waals surface area contributed by atoms with Crippen LogP contribution >= 0.6 is 11.6 Å². The molecule has 0 saturated carbocycles. The average molecular weight is 311 g/mol. The van der Waals surface area contributed by atoms with Crippen molar-refractivity contribution in [1.82, 2.24) is 4.31 Å². The lowest BCUT2D eigenvalue weighted by Gasteiger charge is -2.13. The number of benzene rings is 1. The summed E-state index contributed by atoms with van der Waals surface area (Å²) in [6.07, 6.45) is 1.19. The van der Waals surface area contributed by atoms with E-state index < -0.39 is 10.0 Å². The summed E-state index contributed by atoms with van der Waals surface area (Å²) >= 11 is 5.89. The van der Waals surface area contributed by atoms with Crippen molar-refractivity contribution >= 4 is 27.3 Å². The van der Waals surface area contributed by atoms with E-state index >= 15 is 0 Å². The summed E-state index contributed by atoms with van der Waals surface area (Å²) in [5.74, 6) is 0. The first kappa shape index (κ1) is 16.0. The summed E-state index contributed by atoms with van der Waals surface area (Å²) in [4.78, 5) is -0.0574. The second kappa shape index (κ2) is 6.40. The third kappa shape index (κ3) is 3.49. The Kier molecular flexibility index (Phi) is 5.12. The quantitative estimate of drug-likeness (QED) is 0.857. The van der Waals surface area contributed by atoms with Crippen molar-refractivity contribution in [2.45, 2.75) is 4.90 Å². The van der Waals surface area contributed by atoms with E-state index in [1.54, 1.807) is 18.2 Å². The maximum Gasteiger partial charge on any atom is 0.244 e. The van der Waals surface area contributed by atoms with Crippen molar-refractivity contribution in [3.63, 3.8) is 0 Å². The Morgan fingerprint density at radius 2 is 1.95 bits per heavy atom. The van der Waals surface area contributed by atoms with Gasteiger partial charge in [0.25, 0.3) is 0 Å². The molecule has 1 rings (SSSR count). The first-order valence-electron chi connectivity index (χ1n) is 5.32. The van der Waals surface area contributed by atoms with Crippen molar-refractivity contribution in [2.24, 2.45) is 0 Å². The van der Waals surface area contributed by atoms with Gasteiger partial charge in [-0.25, -0.2) is 12.7 Å². The Bertz CT molecular complexity index is 711. The molecule has 0 aromatic heterocycles. The van der Waals surface area contributed by atoms with Crippen molar-refractivity contribution in [3.05, 3.63) is 35.0 Å². The minimum absolute atomic E-state index is 0.0574. The Morgan fingerprint density at radius 3 is 2.45 bits per heavy atom. The highest BCUT2D eigenvalue weighted by atomic mass is 35.5. The van der Waals surface area contributed by atoms with Crippen molar-refractivity contribution in [1.29, 1.82) is 10.5 Å². The number of anilines is 1. The zero-order chi connectivity index (χ0) is 15.3. The van der Waals surface area contributed by atoms with Gasteiger partial charge in [0.15, 0.2) is 0 Å². The predicted molar refractivity (Wildman–Crippen MR) is 75.3 cm³/mol. The van der Waals surface area contributed by atoms with Crippen LogP contribution in [0.1, 0.15) is 0 Å². The zero-order valence-electron chi connectivity index (χ0n) is 10.8. The highest BCUT2D eigenvalue weighted by Gasteiger charge is 2.20. The fraction of sp³-hybridized carbons (Fsp3) is 0.167. The van der Waals surface area contributed by atoms with E-state index in [-0.39, 0.29) is 15.5 Å². The van der Waals surface area contributed by atoms with Gasteiger partial charge in [-0.2, -0.15) is 10.5 Å². The molecule has 0 unspecified atom stereocenters. The smallest absolute Gasteiger partial charge is 0.244 e. The maximum absolute atomic E-state index is 12.0. The SMILES string of the molecule is CN(C)S(=O)(=O)c1cc(NC=C(C#N)C#N)ccc1Cl. The van der Waals surface area contributed by atoms with Crippen molar-refractivity contribution in [2.75, 3.05) is 19.4 Å². The molecule has 20 heavy (non-hydrogen) atoms. The number of allylic oxidation sites excluding steroid dienone is 1. The van der Waals surface area contributed by atoms with E-state index in [0.717, 1.165) is 4.31 Å². The summed E-state index contributed by atoms with van der Waals surface area (Å²) in [6.45, 7) is 0. The van der Waals surface area contributed by atoms with Gasteiger partial charge in [-0.3, -0.25) is 0 Å². The minimum atomic E-state index is -3.67. The van der Waals surface area contributed by atoms with Gasteiger partial charge < -0.3 is 5.32 Å². The van der Waals surface area contributed by atoms with Crippen LogP contribution in [0.2, 0.25) is 5.02 Å². The zero-order valence-corrected chi connectivity index (χ0v) is 12.3. The minimum Gasteiger partial charge on any atom is -0.360 e. The van der Waals surface area contributed by atoms with Gasteiger partial charge >= 0.3 is 0 Å². The number of rotatable bonds is 4. The summed E-state index contributed by atoms with van der Waals surface area (Å²) in [6, 6.07) is 7.66. The first-order valence-corrected chi connectivity index (χ1v) is 7.13. The molecule has 8 heteroatoms. The molecule has 0 aliphatic carbocycles. The van der Waals surface area contributed by atoms with E-state index in [2.05, 4.69) is 5.32 Å². The van der Waals surface area contributed by atoms with Crippen molar-refractivity contribution in [3.8, 4) is 12.1 Å². The third-order valence-corrected chi connectivity index (χ3v) is 4.61. The lowest BCUT2D eigenvalue weighted by Crippen LogP contribution is -2.22. The molecule has 6 nitrogen and oxygen atoms in total. The Morgan fingerprint density at radius 1 is 1.35 bits per heavy atom. The molecule has 0 radical (unpaired) electrons. The van der Waals surface area contributed by atoms with Crippen LogP contribution in [0.4, 0.5) is 5.69 Å². The lowest BCUT2D eigenvalue weighted by molar-refractivity contribution is 0.521. The molecule has 1 aromatic carbocycles. The van der Waals surface area contributed by atoms with Gasteiger partial charge in [0.05, 0.1) is 5.02 Å². The van der Waals surface area contributed by atoms with Crippen LogP contribution in [-0.4, -0.2) is 26.8 Å². The lowest BCUT2D eigenvalue weighted by atomic mass is 10.3. The Hall–Kier alpha value is -2.06. The topological polar surface area (TPSA) is 97.0 Å². The molecule has 104 valence electrons. The van der Waals surface area contributed by atoms with E-state index in [1.807, 2.05) is 0 Å². The number of nitrogens with one attached hydrogen (secondary N) is 1. The van der Waals surface area contributed by atoms with Gasteiger partial charge in [0, 0.05) is 26.0 Å². The summed E-state index contributed by atoms with van der Waals surface area (Å²) in [5.41, 5.74) is 0.273. The standard InChI is InChI=1S/C12H11ClN4O2S/c1-17(2)20(18,19)12-5-10(3-4-11(12)13)16-8-9(6-14)7-15/h3-5,8,16H,1-2H3. The molecule has 0 heterocycles. The molecule has 0 saturated heterocycles. The van der Waals surface area contributed by atoms with E-state index in [4.69, 9.17) is 22.1 Å². The monoisotopic (exact) mass is 310 g/mol. The molecular weight excluding hydrogens is 300 g/mol. The van der Waals surface area contributed by atoms with E-state index in [9.17, 15) is 8.42 Å². The van der Waals surface area contributed by atoms with Crippen LogP contribution in [0.25, 0.3) is 0 Å². The normalized spacial score (nSPS) is 10.5. The van der Waals surface area contributed by atoms with Crippen molar-refractivity contribution < 1.29 is 8.42 Å². The number of halogens is 1. The molecule has 1 N–H and O–H groups in total. The molecule has 1 aromatic rings. The van der Waals surface area contributed by atoms with E-state index in [0.29, 0.717) is 5.69 Å². The highest BCUT2D eigenvalue weighted by Crippen LogP contribution is 2.26. The van der Waals surface area contributed by atoms with Crippen LogP contribution in [0, 0.1) is 22.7 Å². The average Bonchev–Trinajstić information content (AvgIpc) is 2.41. The largest absolute Gasteiger partial charge is 0.360 e. The van der Waals surface area contributed by atoms with Crippen LogP contribution in [0.3, 0.4) is 0 Å². The maximum atomic E-state index is 12.0. The van der Waals surface area contributed by atoms with Gasteiger partial charge in [0.1, 0.15) is 22.6 Å². The number of hydrogen-bond acceptors (Lipinski definition) is 5. The van der Waals surface area contributed by atoms with Gasteiger partial charge in [0.2, 0.25) is 10.0 Å². The van der Waals surface area contributed by atoms with Gasteiger partial charge in [-0.15, -0.1) is 0 Å². The predicted octanol–water partition coefficient (Wildman–Crippen LogP) is 1.93. The molecule has 0 fully saturated rings. The van der Waals surface area contributed by atoms with E-state index in [1.165, 1.54) is 32.4 Å². The van der Waals surface area contributed by atoms with Crippen LogP contribution in [0.15, 0.2) is 34.9 Å². The summed E-state index contributed by atoms with van der Waals surface area (Å²) in [7, 11) is -0.873. The molecule has 0 spiro atoms. The summed E-state index contributed by atoms with van der Waals surface area (Å²) < 4.78 is 25.1. The highest BCUT2D eigenvalue weighted by molar-refractivity contribution is 7.89.